The second-order valence-corrected chi connectivity index (χ2v) is 13.6. The van der Waals surface area contributed by atoms with Crippen molar-refractivity contribution in [3.63, 3.8) is 0 Å². The molecule has 226 valence electrons. The number of benzene rings is 2. The summed E-state index contributed by atoms with van der Waals surface area (Å²) in [6.07, 6.45) is 8.49. The van der Waals surface area contributed by atoms with Gasteiger partial charge in [0.1, 0.15) is 6.04 Å². The normalized spacial score (nSPS) is 29.8. The molecule has 2 aromatic rings. The van der Waals surface area contributed by atoms with Gasteiger partial charge in [-0.3, -0.25) is 14.4 Å². The van der Waals surface area contributed by atoms with E-state index in [1.165, 1.54) is 0 Å². The van der Waals surface area contributed by atoms with Crippen LogP contribution in [0.4, 0.5) is 17.1 Å². The molecule has 4 aliphatic heterocycles. The summed E-state index contributed by atoms with van der Waals surface area (Å²) >= 11 is 1.58. The molecule has 43 heavy (non-hydrogen) atoms. The highest BCUT2D eigenvalue weighted by molar-refractivity contribution is 8.02. The number of carbonyl (C=O) groups excluding carboxylic acids is 3. The highest BCUT2D eigenvalue weighted by Gasteiger charge is 2.73. The van der Waals surface area contributed by atoms with Crippen LogP contribution in [0.15, 0.2) is 78.9 Å². The van der Waals surface area contributed by atoms with Gasteiger partial charge >= 0.3 is 0 Å². The zero-order chi connectivity index (χ0) is 30.4. The Morgan fingerprint density at radius 1 is 0.837 bits per heavy atom. The lowest BCUT2D eigenvalue weighted by Crippen LogP contribution is -2.53. The van der Waals surface area contributed by atoms with Crippen molar-refractivity contribution < 1.29 is 19.5 Å². The number of anilines is 3. The molecule has 2 saturated heterocycles. The van der Waals surface area contributed by atoms with E-state index >= 15 is 0 Å². The molecule has 1 unspecified atom stereocenters. The largest absolute Gasteiger partial charge is 0.396 e. The Hall–Kier alpha value is -3.56. The second-order valence-electron chi connectivity index (χ2n) is 11.8. The van der Waals surface area contributed by atoms with E-state index in [4.69, 9.17) is 0 Å². The zero-order valence-corrected chi connectivity index (χ0v) is 25.9. The summed E-state index contributed by atoms with van der Waals surface area (Å²) in [4.78, 5) is 51.0. The molecule has 1 N–H and O–H groups in total. The topological polar surface area (TPSA) is 84.4 Å². The Morgan fingerprint density at radius 3 is 2.12 bits per heavy atom. The number of aliphatic hydroxyl groups is 1. The molecule has 0 radical (unpaired) electrons. The summed E-state index contributed by atoms with van der Waals surface area (Å²) in [6.45, 7) is 9.01. The van der Waals surface area contributed by atoms with Crippen LogP contribution < -0.4 is 14.7 Å². The summed E-state index contributed by atoms with van der Waals surface area (Å²) in [7, 11) is 0. The second kappa shape index (κ2) is 11.5. The van der Waals surface area contributed by atoms with Crippen molar-refractivity contribution in [3.05, 3.63) is 78.9 Å². The maximum Gasteiger partial charge on any atom is 0.251 e. The third-order valence-electron chi connectivity index (χ3n) is 9.47. The number of amides is 3. The van der Waals surface area contributed by atoms with Crippen LogP contribution in [-0.4, -0.2) is 82.6 Å². The number of likely N-dealkylation sites (tertiary alicyclic amines) is 1. The van der Waals surface area contributed by atoms with Gasteiger partial charge in [-0.15, -0.1) is 11.8 Å². The molecule has 8 nitrogen and oxygen atoms in total. The SMILES string of the molecule is CCN(CC)c1ccc(N2CC=C[C@]34S[C@@]5(C)C=CCN(c6ccccc6)C(=O)[C@H]5[C@H]3C(=O)N(CCCO)C4C2=O)cc1. The Morgan fingerprint density at radius 2 is 1.47 bits per heavy atom. The molecule has 6 rings (SSSR count). The van der Waals surface area contributed by atoms with Crippen molar-refractivity contribution in [2.45, 2.75) is 42.7 Å². The summed E-state index contributed by atoms with van der Waals surface area (Å²) in [6, 6.07) is 16.8. The predicted octanol–water partition coefficient (Wildman–Crippen LogP) is 4.11. The van der Waals surface area contributed by atoms with Gasteiger partial charge in [-0.2, -0.15) is 0 Å². The summed E-state index contributed by atoms with van der Waals surface area (Å²) in [5.74, 6) is -1.80. The molecular weight excluding hydrogens is 560 g/mol. The number of thioether (sulfide) groups is 1. The van der Waals surface area contributed by atoms with Gasteiger partial charge in [0.2, 0.25) is 11.8 Å². The van der Waals surface area contributed by atoms with Gasteiger partial charge in [-0.05, 0) is 63.6 Å². The standard InChI is InChI=1S/C34H40N4O4S/c1-4-35(5-2)24-14-16-26(17-15-24)37-21-10-19-34-28(31(41)38(22-11-23-39)29(34)32(37)42)27-30(40)36(25-12-7-6-8-13-25)20-9-18-33(27,3)43-34/h6-10,12-19,27-29,39H,4-5,11,20-23H2,1-3H3/t27-,28+,29?,33+,34+/m1/s1. The quantitative estimate of drug-likeness (QED) is 0.460. The van der Waals surface area contributed by atoms with Crippen molar-refractivity contribution in [1.29, 1.82) is 0 Å². The van der Waals surface area contributed by atoms with Gasteiger partial charge in [-0.1, -0.05) is 42.5 Å². The van der Waals surface area contributed by atoms with Crippen LogP contribution in [0.5, 0.6) is 0 Å². The Balaban J connectivity index is 1.41. The van der Waals surface area contributed by atoms with Gasteiger partial charge in [0.15, 0.2) is 0 Å². The minimum absolute atomic E-state index is 0.0908. The fourth-order valence-corrected chi connectivity index (χ4v) is 9.66. The lowest BCUT2D eigenvalue weighted by Gasteiger charge is -2.37. The summed E-state index contributed by atoms with van der Waals surface area (Å²) in [5.41, 5.74) is 2.66. The van der Waals surface area contributed by atoms with E-state index in [1.807, 2.05) is 79.7 Å². The lowest BCUT2D eigenvalue weighted by molar-refractivity contribution is -0.139. The number of para-hydroxylation sites is 1. The van der Waals surface area contributed by atoms with Crippen LogP contribution in [0.25, 0.3) is 0 Å². The monoisotopic (exact) mass is 600 g/mol. The fourth-order valence-electron chi connectivity index (χ4n) is 7.51. The molecule has 4 aliphatic rings. The van der Waals surface area contributed by atoms with E-state index < -0.39 is 27.4 Å². The molecule has 0 bridgehead atoms. The number of hydrogen-bond donors (Lipinski definition) is 1. The molecule has 3 amide bonds. The number of aliphatic hydroxyl groups excluding tert-OH is 1. The van der Waals surface area contributed by atoms with Crippen LogP contribution in [0, 0.1) is 11.8 Å². The number of carbonyl (C=O) groups is 3. The molecule has 9 heteroatoms. The minimum atomic E-state index is -0.918. The molecule has 0 aromatic heterocycles. The molecular formula is C34H40N4O4S. The van der Waals surface area contributed by atoms with Crippen molar-refractivity contribution in [1.82, 2.24) is 4.90 Å². The van der Waals surface area contributed by atoms with Crippen molar-refractivity contribution in [3.8, 4) is 0 Å². The zero-order valence-electron chi connectivity index (χ0n) is 25.1. The summed E-state index contributed by atoms with van der Waals surface area (Å²) < 4.78 is -1.59. The van der Waals surface area contributed by atoms with Crippen molar-refractivity contribution in [2.75, 3.05) is 54.0 Å². The highest BCUT2D eigenvalue weighted by atomic mass is 32.2. The van der Waals surface area contributed by atoms with E-state index in [-0.39, 0.29) is 30.9 Å². The van der Waals surface area contributed by atoms with Gasteiger partial charge in [0.05, 0.1) is 16.6 Å². The molecule has 0 aliphatic carbocycles. The molecule has 2 fully saturated rings. The number of rotatable bonds is 8. The number of nitrogens with zero attached hydrogens (tertiary/aromatic N) is 4. The fraction of sp³-hybridized carbons (Fsp3) is 0.441. The highest BCUT2D eigenvalue weighted by Crippen LogP contribution is 2.65. The van der Waals surface area contributed by atoms with Crippen LogP contribution in [0.3, 0.4) is 0 Å². The summed E-state index contributed by atoms with van der Waals surface area (Å²) in [5, 5.41) is 9.72. The minimum Gasteiger partial charge on any atom is -0.396 e. The average Bonchev–Trinajstić information content (AvgIpc) is 3.28. The van der Waals surface area contributed by atoms with Crippen LogP contribution in [-0.2, 0) is 14.4 Å². The third-order valence-corrected chi connectivity index (χ3v) is 11.3. The number of fused-ring (bicyclic) bond motifs is 2. The first kappa shape index (κ1) is 29.5. The molecule has 2 aromatic carbocycles. The van der Waals surface area contributed by atoms with Crippen LogP contribution in [0.2, 0.25) is 0 Å². The Labute approximate surface area is 258 Å². The molecule has 0 saturated carbocycles. The maximum atomic E-state index is 14.7. The third kappa shape index (κ3) is 4.68. The lowest BCUT2D eigenvalue weighted by atomic mass is 9.74. The van der Waals surface area contributed by atoms with E-state index in [0.717, 1.165) is 30.2 Å². The first-order valence-corrected chi connectivity index (χ1v) is 16.1. The Kier molecular flexibility index (Phi) is 7.89. The average molecular weight is 601 g/mol. The van der Waals surface area contributed by atoms with Crippen LogP contribution >= 0.6 is 11.8 Å². The van der Waals surface area contributed by atoms with E-state index in [1.54, 1.807) is 26.5 Å². The van der Waals surface area contributed by atoms with E-state index in [0.29, 0.717) is 19.5 Å². The smallest absolute Gasteiger partial charge is 0.251 e. The van der Waals surface area contributed by atoms with Gasteiger partial charge < -0.3 is 24.7 Å². The number of hydrogen-bond acceptors (Lipinski definition) is 6. The van der Waals surface area contributed by atoms with Crippen molar-refractivity contribution in [2.24, 2.45) is 11.8 Å². The van der Waals surface area contributed by atoms with E-state index in [9.17, 15) is 19.5 Å². The van der Waals surface area contributed by atoms with Gasteiger partial charge in [0.25, 0.3) is 5.91 Å². The first-order valence-electron chi connectivity index (χ1n) is 15.3. The molecule has 5 atom stereocenters. The first-order chi connectivity index (χ1) is 20.8. The van der Waals surface area contributed by atoms with Gasteiger partial charge in [-0.25, -0.2) is 0 Å². The van der Waals surface area contributed by atoms with E-state index in [2.05, 4.69) is 24.8 Å². The Bertz CT molecular complexity index is 1440. The molecule has 4 heterocycles. The molecule has 1 spiro atoms. The van der Waals surface area contributed by atoms with Crippen LogP contribution in [0.1, 0.15) is 27.2 Å². The maximum absolute atomic E-state index is 14.7. The van der Waals surface area contributed by atoms with Gasteiger partial charge in [0, 0.05) is 61.1 Å². The van der Waals surface area contributed by atoms with Crippen molar-refractivity contribution >= 4 is 46.5 Å². The predicted molar refractivity (Wildman–Crippen MR) is 172 cm³/mol.